The van der Waals surface area contributed by atoms with Gasteiger partial charge in [0.25, 0.3) is 0 Å². The van der Waals surface area contributed by atoms with Crippen LogP contribution in [0.1, 0.15) is 32.1 Å². The van der Waals surface area contributed by atoms with Crippen molar-refractivity contribution in [3.63, 3.8) is 0 Å². The van der Waals surface area contributed by atoms with Crippen LogP contribution in [0.3, 0.4) is 0 Å². The molecule has 0 saturated heterocycles. The van der Waals surface area contributed by atoms with Crippen molar-refractivity contribution in [2.45, 2.75) is 42.4 Å². The maximum atomic E-state index is 10.8. The molecule has 0 N–H and O–H groups in total. The molecule has 5 nitrogen and oxygen atoms in total. The van der Waals surface area contributed by atoms with Gasteiger partial charge in [0.2, 0.25) is 5.28 Å². The van der Waals surface area contributed by atoms with E-state index in [1.807, 2.05) is 0 Å². The third-order valence-electron chi connectivity index (χ3n) is 2.73. The zero-order chi connectivity index (χ0) is 12.3. The highest BCUT2D eigenvalue weighted by atomic mass is 35.5. The zero-order valence-corrected chi connectivity index (χ0v) is 10.7. The van der Waals surface area contributed by atoms with E-state index < -0.39 is 4.92 Å². The molecule has 0 amide bonds. The molecule has 2 rings (SSSR count). The number of hydrogen-bond donors (Lipinski definition) is 0. The van der Waals surface area contributed by atoms with Crippen molar-refractivity contribution >= 4 is 29.1 Å². The summed E-state index contributed by atoms with van der Waals surface area (Å²) in [7, 11) is 0. The zero-order valence-electron chi connectivity index (χ0n) is 9.13. The van der Waals surface area contributed by atoms with Crippen LogP contribution in [0.5, 0.6) is 0 Å². The summed E-state index contributed by atoms with van der Waals surface area (Å²) in [5, 5.41) is 11.7. The third-order valence-corrected chi connectivity index (χ3v) is 4.24. The van der Waals surface area contributed by atoms with Gasteiger partial charge in [-0.15, -0.1) is 0 Å². The number of nitrogens with zero attached hydrogens (tertiary/aromatic N) is 3. The van der Waals surface area contributed by atoms with Crippen molar-refractivity contribution in [2.24, 2.45) is 0 Å². The second-order valence-corrected chi connectivity index (χ2v) is 5.59. The fourth-order valence-electron chi connectivity index (χ4n) is 1.89. The Morgan fingerprint density at radius 3 is 2.76 bits per heavy atom. The fraction of sp³-hybridized carbons (Fsp3) is 0.600. The van der Waals surface area contributed by atoms with Gasteiger partial charge in [-0.1, -0.05) is 31.0 Å². The van der Waals surface area contributed by atoms with E-state index in [2.05, 4.69) is 9.97 Å². The first kappa shape index (κ1) is 12.6. The van der Waals surface area contributed by atoms with Gasteiger partial charge in [-0.2, -0.15) is 0 Å². The maximum Gasteiger partial charge on any atom is 0.319 e. The van der Waals surface area contributed by atoms with Crippen molar-refractivity contribution in [3.05, 3.63) is 21.6 Å². The van der Waals surface area contributed by atoms with Crippen LogP contribution in [-0.4, -0.2) is 20.1 Å². The van der Waals surface area contributed by atoms with Gasteiger partial charge in [-0.05, 0) is 24.4 Å². The van der Waals surface area contributed by atoms with Gasteiger partial charge in [0.05, 0.1) is 4.92 Å². The van der Waals surface area contributed by atoms with Gasteiger partial charge < -0.3 is 0 Å². The lowest BCUT2D eigenvalue weighted by atomic mass is 10.0. The minimum absolute atomic E-state index is 0.0510. The van der Waals surface area contributed by atoms with Crippen LogP contribution < -0.4 is 0 Å². The van der Waals surface area contributed by atoms with E-state index in [-0.39, 0.29) is 11.0 Å². The predicted octanol–water partition coefficient (Wildman–Crippen LogP) is 3.46. The predicted molar refractivity (Wildman–Crippen MR) is 66.4 cm³/mol. The lowest BCUT2D eigenvalue weighted by Gasteiger charge is -2.20. The largest absolute Gasteiger partial charge is 0.319 e. The van der Waals surface area contributed by atoms with Gasteiger partial charge in [0, 0.05) is 5.25 Å². The molecule has 0 atom stereocenters. The molecule has 0 spiro atoms. The summed E-state index contributed by atoms with van der Waals surface area (Å²) in [4.78, 5) is 18.0. The molecule has 1 aliphatic carbocycles. The van der Waals surface area contributed by atoms with Crippen LogP contribution in [0, 0.1) is 10.1 Å². The molecule has 0 aliphatic heterocycles. The molecule has 92 valence electrons. The summed E-state index contributed by atoms with van der Waals surface area (Å²) in [5.41, 5.74) is -0.0510. The van der Waals surface area contributed by atoms with Crippen LogP contribution in [0.15, 0.2) is 11.2 Å². The highest BCUT2D eigenvalue weighted by Gasteiger charge is 2.22. The summed E-state index contributed by atoms with van der Waals surface area (Å²) < 4.78 is 0. The summed E-state index contributed by atoms with van der Waals surface area (Å²) in [6.07, 6.45) is 6.98. The van der Waals surface area contributed by atoms with Gasteiger partial charge in [-0.3, -0.25) is 10.1 Å². The molecule has 1 heterocycles. The van der Waals surface area contributed by atoms with Crippen molar-refractivity contribution in [1.82, 2.24) is 9.97 Å². The first-order chi connectivity index (χ1) is 8.16. The monoisotopic (exact) mass is 273 g/mol. The quantitative estimate of drug-likeness (QED) is 0.365. The Bertz CT molecular complexity index is 424. The number of nitro groups is 1. The van der Waals surface area contributed by atoms with E-state index in [4.69, 9.17) is 11.6 Å². The van der Waals surface area contributed by atoms with E-state index in [1.54, 1.807) is 0 Å². The molecule has 1 aromatic rings. The van der Waals surface area contributed by atoms with Crippen molar-refractivity contribution in [1.29, 1.82) is 0 Å². The highest BCUT2D eigenvalue weighted by molar-refractivity contribution is 8.00. The Hall–Kier alpha value is -0.880. The molecular formula is C10H12ClN3O2S. The molecular weight excluding hydrogens is 262 g/mol. The lowest BCUT2D eigenvalue weighted by Crippen LogP contribution is -2.09. The van der Waals surface area contributed by atoms with Crippen LogP contribution in [0.25, 0.3) is 0 Å². The average molecular weight is 274 g/mol. The molecule has 0 aromatic carbocycles. The summed E-state index contributed by atoms with van der Waals surface area (Å²) in [6, 6.07) is 0. The van der Waals surface area contributed by atoms with Crippen molar-refractivity contribution in [3.8, 4) is 0 Å². The highest BCUT2D eigenvalue weighted by Crippen LogP contribution is 2.36. The standard InChI is InChI=1S/C10H12ClN3O2S/c11-10-12-6-8(14(15)16)9(13-10)17-7-4-2-1-3-5-7/h6-7H,1-5H2. The Morgan fingerprint density at radius 1 is 1.41 bits per heavy atom. The van der Waals surface area contributed by atoms with Crippen molar-refractivity contribution < 1.29 is 4.92 Å². The van der Waals surface area contributed by atoms with E-state index >= 15 is 0 Å². The molecule has 0 radical (unpaired) electrons. The van der Waals surface area contributed by atoms with Crippen LogP contribution in [0.2, 0.25) is 5.28 Å². The number of thioether (sulfide) groups is 1. The van der Waals surface area contributed by atoms with Gasteiger partial charge >= 0.3 is 5.69 Å². The Balaban J connectivity index is 2.17. The Kier molecular flexibility index (Phi) is 4.17. The van der Waals surface area contributed by atoms with E-state index in [1.165, 1.54) is 37.2 Å². The molecule has 0 unspecified atom stereocenters. The van der Waals surface area contributed by atoms with E-state index in [9.17, 15) is 10.1 Å². The second kappa shape index (κ2) is 5.64. The molecule has 17 heavy (non-hydrogen) atoms. The normalized spacial score (nSPS) is 17.0. The second-order valence-electron chi connectivity index (χ2n) is 3.96. The van der Waals surface area contributed by atoms with Crippen LogP contribution >= 0.6 is 23.4 Å². The van der Waals surface area contributed by atoms with E-state index in [0.29, 0.717) is 10.3 Å². The Morgan fingerprint density at radius 2 is 2.12 bits per heavy atom. The SMILES string of the molecule is O=[N+]([O-])c1cnc(Cl)nc1SC1CCCCC1. The van der Waals surface area contributed by atoms with Gasteiger partial charge in [-0.25, -0.2) is 9.97 Å². The molecule has 7 heteroatoms. The lowest BCUT2D eigenvalue weighted by molar-refractivity contribution is -0.388. The minimum Gasteiger partial charge on any atom is -0.258 e. The molecule has 1 fully saturated rings. The topological polar surface area (TPSA) is 68.9 Å². The molecule has 1 aliphatic rings. The number of rotatable bonds is 3. The summed E-state index contributed by atoms with van der Waals surface area (Å²) in [6.45, 7) is 0. The van der Waals surface area contributed by atoms with Gasteiger partial charge in [0.1, 0.15) is 6.20 Å². The number of aromatic nitrogens is 2. The fourth-order valence-corrected chi connectivity index (χ4v) is 3.35. The number of halogens is 1. The molecule has 0 bridgehead atoms. The molecule has 1 aromatic heterocycles. The summed E-state index contributed by atoms with van der Waals surface area (Å²) in [5.74, 6) is 0. The first-order valence-corrected chi connectivity index (χ1v) is 6.76. The van der Waals surface area contributed by atoms with E-state index in [0.717, 1.165) is 12.8 Å². The summed E-state index contributed by atoms with van der Waals surface area (Å²) >= 11 is 7.14. The first-order valence-electron chi connectivity index (χ1n) is 5.50. The third kappa shape index (κ3) is 3.29. The van der Waals surface area contributed by atoms with Crippen molar-refractivity contribution in [2.75, 3.05) is 0 Å². The average Bonchev–Trinajstić information content (AvgIpc) is 2.30. The minimum atomic E-state index is -0.457. The number of hydrogen-bond acceptors (Lipinski definition) is 5. The van der Waals surface area contributed by atoms with Gasteiger partial charge in [0.15, 0.2) is 5.03 Å². The van der Waals surface area contributed by atoms with Crippen LogP contribution in [-0.2, 0) is 0 Å². The Labute approximate surface area is 108 Å². The molecule has 1 saturated carbocycles. The maximum absolute atomic E-state index is 10.8. The smallest absolute Gasteiger partial charge is 0.258 e. The van der Waals surface area contributed by atoms with Crippen LogP contribution in [0.4, 0.5) is 5.69 Å².